The number of fused-ring (bicyclic) bond motifs is 11. The fraction of sp³-hybridized carbons (Fsp3) is 0. The molecule has 54 heavy (non-hydrogen) atoms. The highest BCUT2D eigenvalue weighted by Gasteiger charge is 2.19. The summed E-state index contributed by atoms with van der Waals surface area (Å²) < 4.78 is 9.44. The van der Waals surface area contributed by atoms with Crippen molar-refractivity contribution in [1.82, 2.24) is 0 Å². The normalized spacial score (nSPS) is 12.1. The van der Waals surface area contributed by atoms with Crippen LogP contribution in [0, 0.1) is 0 Å². The third kappa shape index (κ3) is 4.26. The summed E-state index contributed by atoms with van der Waals surface area (Å²) in [6, 6.07) is 66.6. The molecule has 0 aliphatic rings. The first-order chi connectivity index (χ1) is 26.8. The molecule has 10 aromatic carbocycles. The minimum atomic E-state index is 0.899. The highest BCUT2D eigenvalue weighted by Crippen LogP contribution is 2.47. The summed E-state index contributed by atoms with van der Waals surface area (Å²) in [6.07, 6.45) is 0. The van der Waals surface area contributed by atoms with E-state index in [1.54, 1.807) is 0 Å². The van der Waals surface area contributed by atoms with Crippen LogP contribution in [0.15, 0.2) is 186 Å². The molecule has 12 aromatic rings. The number of rotatable bonds is 3. The molecular weight excluding hydrogens is 673 g/mol. The van der Waals surface area contributed by atoms with Gasteiger partial charge in [-0.3, -0.25) is 0 Å². The summed E-state index contributed by atoms with van der Waals surface area (Å²) in [5.74, 6) is 0. The van der Waals surface area contributed by atoms with Gasteiger partial charge in [-0.2, -0.15) is 0 Å². The molecule has 2 heterocycles. The van der Waals surface area contributed by atoms with Crippen LogP contribution in [0.1, 0.15) is 0 Å². The lowest BCUT2D eigenvalue weighted by Gasteiger charge is -2.18. The first-order valence-corrected chi connectivity index (χ1v) is 19.3. The van der Waals surface area contributed by atoms with Crippen molar-refractivity contribution in [1.29, 1.82) is 0 Å². The fourth-order valence-corrected chi connectivity index (χ4v) is 10.3. The van der Waals surface area contributed by atoms with Crippen molar-refractivity contribution < 1.29 is 4.42 Å². The van der Waals surface area contributed by atoms with Crippen LogP contribution in [0.3, 0.4) is 0 Å². The molecule has 0 aliphatic carbocycles. The van der Waals surface area contributed by atoms with Gasteiger partial charge in [-0.15, -0.1) is 11.3 Å². The SMILES string of the molecule is c1ccc2c(-c3c4ccccc4c(-c4ccc5c(c4)oc4cc(-c6cccc7c6ccc6c8ccccc8sc76)ccc45)c4ccccc34)cccc2c1. The predicted octanol–water partition coefficient (Wildman–Crippen LogP) is 15.6. The summed E-state index contributed by atoms with van der Waals surface area (Å²) in [5, 5.41) is 15.0. The van der Waals surface area contributed by atoms with Gasteiger partial charge in [0.15, 0.2) is 0 Å². The summed E-state index contributed by atoms with van der Waals surface area (Å²) >= 11 is 1.88. The van der Waals surface area contributed by atoms with E-state index in [-0.39, 0.29) is 0 Å². The zero-order chi connectivity index (χ0) is 35.3. The van der Waals surface area contributed by atoms with Crippen molar-refractivity contribution in [2.24, 2.45) is 0 Å². The molecule has 12 rings (SSSR count). The lowest BCUT2D eigenvalue weighted by atomic mass is 9.84. The van der Waals surface area contributed by atoms with Gasteiger partial charge in [0.1, 0.15) is 11.2 Å². The molecule has 0 saturated carbocycles. The van der Waals surface area contributed by atoms with Crippen LogP contribution in [-0.4, -0.2) is 0 Å². The minimum absolute atomic E-state index is 0.899. The zero-order valence-corrected chi connectivity index (χ0v) is 30.0. The second-order valence-corrected chi connectivity index (χ2v) is 15.4. The van der Waals surface area contributed by atoms with E-state index in [0.29, 0.717) is 0 Å². The molecule has 0 bridgehead atoms. The number of thiophene rings is 1. The van der Waals surface area contributed by atoms with Gasteiger partial charge in [-0.1, -0.05) is 152 Å². The highest BCUT2D eigenvalue weighted by molar-refractivity contribution is 7.26. The lowest BCUT2D eigenvalue weighted by Crippen LogP contribution is -1.91. The van der Waals surface area contributed by atoms with Crippen LogP contribution in [0.25, 0.3) is 119 Å². The van der Waals surface area contributed by atoms with E-state index >= 15 is 0 Å². The molecule has 0 radical (unpaired) electrons. The minimum Gasteiger partial charge on any atom is -0.456 e. The van der Waals surface area contributed by atoms with Crippen LogP contribution in [0.5, 0.6) is 0 Å². The van der Waals surface area contributed by atoms with Gasteiger partial charge in [0.25, 0.3) is 0 Å². The Morgan fingerprint density at radius 2 is 0.815 bits per heavy atom. The lowest BCUT2D eigenvalue weighted by molar-refractivity contribution is 0.669. The Kier molecular flexibility index (Phi) is 6.28. The number of hydrogen-bond donors (Lipinski definition) is 0. The van der Waals surface area contributed by atoms with E-state index in [4.69, 9.17) is 4.42 Å². The highest BCUT2D eigenvalue weighted by atomic mass is 32.1. The molecule has 250 valence electrons. The maximum atomic E-state index is 6.77. The third-order valence-corrected chi connectivity index (χ3v) is 12.7. The summed E-state index contributed by atoms with van der Waals surface area (Å²) in [6.45, 7) is 0. The molecule has 0 atom stereocenters. The summed E-state index contributed by atoms with van der Waals surface area (Å²) in [7, 11) is 0. The molecule has 0 N–H and O–H groups in total. The van der Waals surface area contributed by atoms with Crippen molar-refractivity contribution in [2.75, 3.05) is 0 Å². The van der Waals surface area contributed by atoms with Crippen LogP contribution < -0.4 is 0 Å². The molecule has 1 nitrogen and oxygen atoms in total. The van der Waals surface area contributed by atoms with E-state index < -0.39 is 0 Å². The predicted molar refractivity (Wildman–Crippen MR) is 233 cm³/mol. The fourth-order valence-electron chi connectivity index (χ4n) is 9.07. The van der Waals surface area contributed by atoms with E-state index in [2.05, 4.69) is 182 Å². The largest absolute Gasteiger partial charge is 0.456 e. The van der Waals surface area contributed by atoms with E-state index in [9.17, 15) is 0 Å². The third-order valence-electron chi connectivity index (χ3n) is 11.5. The van der Waals surface area contributed by atoms with Gasteiger partial charge < -0.3 is 4.42 Å². The average molecular weight is 703 g/mol. The molecule has 0 saturated heterocycles. The number of benzene rings is 10. The standard InChI is InChI=1S/C52H30OS/c1-2-13-34-31(11-1)12-9-20-40(34)51-43-17-5-3-15-41(43)50(42-16-4-6-18-44(42)51)33-24-26-38-37-25-23-32(29-47(37)53-48(38)30-33)35-19-10-21-45-36(35)27-28-46-39-14-7-8-22-49(39)54-52(45)46/h1-30H. The maximum Gasteiger partial charge on any atom is 0.136 e. The Morgan fingerprint density at radius 3 is 1.57 bits per heavy atom. The Bertz CT molecular complexity index is 3450. The topological polar surface area (TPSA) is 13.1 Å². The molecule has 0 amide bonds. The Labute approximate surface area is 314 Å². The van der Waals surface area contributed by atoms with Crippen molar-refractivity contribution in [3.63, 3.8) is 0 Å². The average Bonchev–Trinajstić information content (AvgIpc) is 3.80. The second kappa shape index (κ2) is 11.4. The summed E-state index contributed by atoms with van der Waals surface area (Å²) in [5.41, 5.74) is 9.11. The first-order valence-electron chi connectivity index (χ1n) is 18.5. The van der Waals surface area contributed by atoms with Crippen LogP contribution >= 0.6 is 11.3 Å². The van der Waals surface area contributed by atoms with Crippen molar-refractivity contribution >= 4 is 96.5 Å². The van der Waals surface area contributed by atoms with Crippen LogP contribution in [0.4, 0.5) is 0 Å². The van der Waals surface area contributed by atoms with Gasteiger partial charge in [0.2, 0.25) is 0 Å². The van der Waals surface area contributed by atoms with Crippen molar-refractivity contribution in [2.45, 2.75) is 0 Å². The Balaban J connectivity index is 1.04. The van der Waals surface area contributed by atoms with E-state index in [1.807, 2.05) is 11.3 Å². The molecular formula is C52H30OS. The summed E-state index contributed by atoms with van der Waals surface area (Å²) in [4.78, 5) is 0. The molecule has 0 unspecified atom stereocenters. The Hall–Kier alpha value is -6.74. The van der Waals surface area contributed by atoms with Crippen LogP contribution in [-0.2, 0) is 0 Å². The second-order valence-electron chi connectivity index (χ2n) is 14.3. The van der Waals surface area contributed by atoms with E-state index in [1.165, 1.54) is 85.5 Å². The van der Waals surface area contributed by atoms with Crippen molar-refractivity contribution in [3.8, 4) is 33.4 Å². The van der Waals surface area contributed by atoms with Gasteiger partial charge >= 0.3 is 0 Å². The van der Waals surface area contributed by atoms with Crippen LogP contribution in [0.2, 0.25) is 0 Å². The van der Waals surface area contributed by atoms with Crippen molar-refractivity contribution in [3.05, 3.63) is 182 Å². The first kappa shape index (κ1) is 29.8. The Morgan fingerprint density at radius 1 is 0.315 bits per heavy atom. The molecule has 0 fully saturated rings. The number of furan rings is 1. The van der Waals surface area contributed by atoms with Gasteiger partial charge in [-0.05, 0) is 101 Å². The zero-order valence-electron chi connectivity index (χ0n) is 29.1. The molecule has 0 spiro atoms. The van der Waals surface area contributed by atoms with Gasteiger partial charge in [-0.25, -0.2) is 0 Å². The quantitative estimate of drug-likeness (QED) is 0.167. The monoisotopic (exact) mass is 702 g/mol. The van der Waals surface area contributed by atoms with E-state index in [0.717, 1.165) is 33.1 Å². The van der Waals surface area contributed by atoms with Gasteiger partial charge in [0, 0.05) is 36.3 Å². The smallest absolute Gasteiger partial charge is 0.136 e. The maximum absolute atomic E-state index is 6.77. The van der Waals surface area contributed by atoms with Gasteiger partial charge in [0.05, 0.1) is 0 Å². The molecule has 0 aliphatic heterocycles. The molecule has 2 aromatic heterocycles. The molecule has 2 heteroatoms. The number of hydrogen-bond acceptors (Lipinski definition) is 2.